The number of nitrogens with zero attached hydrogens (tertiary/aromatic N) is 1. The molecule has 0 spiro atoms. The standard InChI is InChI=1S/C23H20FN3O2/c1-2-29-21-10-8-20(9-11-21)27-23(28)17-4-6-19(7-5-17)26-15-18-13-16(14-25)3-12-22(18)24/h3-13,26H,2,15H2,1H3,(H,27,28). The van der Waals surface area contributed by atoms with Crippen LogP contribution < -0.4 is 15.4 Å². The van der Waals surface area contributed by atoms with Crippen LogP contribution in [0.5, 0.6) is 5.75 Å². The smallest absolute Gasteiger partial charge is 0.255 e. The van der Waals surface area contributed by atoms with E-state index in [1.807, 2.05) is 13.0 Å². The van der Waals surface area contributed by atoms with Gasteiger partial charge in [0, 0.05) is 29.0 Å². The van der Waals surface area contributed by atoms with Crippen LogP contribution in [0.2, 0.25) is 0 Å². The summed E-state index contributed by atoms with van der Waals surface area (Å²) in [6.45, 7) is 2.73. The molecular formula is C23H20FN3O2. The number of amides is 1. The maximum Gasteiger partial charge on any atom is 0.255 e. The predicted octanol–water partition coefficient (Wildman–Crippen LogP) is 4.96. The molecule has 3 aromatic carbocycles. The third-order valence-corrected chi connectivity index (χ3v) is 4.23. The summed E-state index contributed by atoms with van der Waals surface area (Å²) < 4.78 is 19.2. The summed E-state index contributed by atoms with van der Waals surface area (Å²) in [5.41, 5.74) is 2.73. The van der Waals surface area contributed by atoms with Crippen LogP contribution in [0.3, 0.4) is 0 Å². The van der Waals surface area contributed by atoms with Crippen molar-refractivity contribution in [1.82, 2.24) is 0 Å². The minimum absolute atomic E-state index is 0.228. The van der Waals surface area contributed by atoms with Crippen LogP contribution >= 0.6 is 0 Å². The van der Waals surface area contributed by atoms with Crippen molar-refractivity contribution in [1.29, 1.82) is 5.26 Å². The Labute approximate surface area is 168 Å². The molecule has 29 heavy (non-hydrogen) atoms. The van der Waals surface area contributed by atoms with E-state index in [2.05, 4.69) is 10.6 Å². The van der Waals surface area contributed by atoms with Crippen LogP contribution in [-0.2, 0) is 6.54 Å². The highest BCUT2D eigenvalue weighted by atomic mass is 19.1. The Balaban J connectivity index is 1.59. The lowest BCUT2D eigenvalue weighted by Crippen LogP contribution is -2.12. The van der Waals surface area contributed by atoms with Gasteiger partial charge in [-0.2, -0.15) is 5.26 Å². The maximum atomic E-state index is 13.8. The van der Waals surface area contributed by atoms with Crippen molar-refractivity contribution in [3.63, 3.8) is 0 Å². The van der Waals surface area contributed by atoms with Gasteiger partial charge < -0.3 is 15.4 Å². The Morgan fingerprint density at radius 2 is 1.72 bits per heavy atom. The van der Waals surface area contributed by atoms with Gasteiger partial charge >= 0.3 is 0 Å². The fraction of sp³-hybridized carbons (Fsp3) is 0.130. The Bertz CT molecular complexity index is 1030. The zero-order valence-electron chi connectivity index (χ0n) is 15.9. The van der Waals surface area contributed by atoms with E-state index in [0.717, 1.165) is 11.4 Å². The number of carbonyl (C=O) groups excluding carboxylic acids is 1. The van der Waals surface area contributed by atoms with Crippen molar-refractivity contribution in [2.45, 2.75) is 13.5 Å². The summed E-state index contributed by atoms with van der Waals surface area (Å²) in [5.74, 6) is 0.147. The Morgan fingerprint density at radius 3 is 2.38 bits per heavy atom. The fourth-order valence-electron chi connectivity index (χ4n) is 2.72. The van der Waals surface area contributed by atoms with Gasteiger partial charge in [-0.15, -0.1) is 0 Å². The summed E-state index contributed by atoms with van der Waals surface area (Å²) in [4.78, 5) is 12.4. The van der Waals surface area contributed by atoms with Gasteiger partial charge in [-0.3, -0.25) is 4.79 Å². The van der Waals surface area contributed by atoms with Gasteiger partial charge in [-0.1, -0.05) is 0 Å². The largest absolute Gasteiger partial charge is 0.494 e. The first-order chi connectivity index (χ1) is 14.1. The lowest BCUT2D eigenvalue weighted by atomic mass is 10.1. The molecule has 0 radical (unpaired) electrons. The first-order valence-corrected chi connectivity index (χ1v) is 9.15. The highest BCUT2D eigenvalue weighted by Gasteiger charge is 2.07. The number of nitriles is 1. The highest BCUT2D eigenvalue weighted by Crippen LogP contribution is 2.18. The monoisotopic (exact) mass is 389 g/mol. The van der Waals surface area contributed by atoms with Gasteiger partial charge in [-0.05, 0) is 73.7 Å². The van der Waals surface area contributed by atoms with Gasteiger partial charge in [-0.25, -0.2) is 4.39 Å². The number of anilines is 2. The normalized spacial score (nSPS) is 10.1. The van der Waals surface area contributed by atoms with Crippen LogP contribution in [0, 0.1) is 17.1 Å². The molecule has 0 aliphatic heterocycles. The highest BCUT2D eigenvalue weighted by molar-refractivity contribution is 6.04. The molecule has 2 N–H and O–H groups in total. The van der Waals surface area contributed by atoms with E-state index in [4.69, 9.17) is 10.00 Å². The van der Waals surface area contributed by atoms with Crippen LogP contribution in [0.4, 0.5) is 15.8 Å². The second-order valence-electron chi connectivity index (χ2n) is 6.26. The van der Waals surface area contributed by atoms with Gasteiger partial charge in [0.2, 0.25) is 0 Å². The zero-order chi connectivity index (χ0) is 20.6. The lowest BCUT2D eigenvalue weighted by molar-refractivity contribution is 0.102. The summed E-state index contributed by atoms with van der Waals surface area (Å²) in [6.07, 6.45) is 0. The third kappa shape index (κ3) is 5.33. The lowest BCUT2D eigenvalue weighted by Gasteiger charge is -2.10. The molecular weight excluding hydrogens is 369 g/mol. The number of rotatable bonds is 7. The quantitative estimate of drug-likeness (QED) is 0.599. The number of nitrogens with one attached hydrogen (secondary N) is 2. The molecule has 0 saturated heterocycles. The molecule has 3 aromatic rings. The van der Waals surface area contributed by atoms with E-state index in [9.17, 15) is 9.18 Å². The second kappa shape index (κ2) is 9.38. The second-order valence-corrected chi connectivity index (χ2v) is 6.26. The van der Waals surface area contributed by atoms with E-state index in [-0.39, 0.29) is 18.3 Å². The number of carbonyl (C=O) groups is 1. The number of benzene rings is 3. The Kier molecular flexibility index (Phi) is 6.43. The average Bonchev–Trinajstić information content (AvgIpc) is 2.75. The minimum atomic E-state index is -0.372. The number of hydrogen-bond donors (Lipinski definition) is 2. The molecule has 0 heterocycles. The summed E-state index contributed by atoms with van der Waals surface area (Å²) >= 11 is 0. The van der Waals surface area contributed by atoms with E-state index >= 15 is 0 Å². The third-order valence-electron chi connectivity index (χ3n) is 4.23. The van der Waals surface area contributed by atoms with E-state index < -0.39 is 0 Å². The molecule has 0 bridgehead atoms. The minimum Gasteiger partial charge on any atom is -0.494 e. The molecule has 0 unspecified atom stereocenters. The molecule has 1 amide bonds. The first kappa shape index (κ1) is 19.9. The van der Waals surface area contributed by atoms with Crippen LogP contribution in [0.25, 0.3) is 0 Å². The Hall–Kier alpha value is -3.85. The molecule has 5 nitrogen and oxygen atoms in total. The van der Waals surface area contributed by atoms with Gasteiger partial charge in [0.05, 0.1) is 18.2 Å². The number of hydrogen-bond acceptors (Lipinski definition) is 4. The van der Waals surface area contributed by atoms with Crippen molar-refractivity contribution >= 4 is 17.3 Å². The molecule has 6 heteroatoms. The average molecular weight is 389 g/mol. The van der Waals surface area contributed by atoms with Crippen molar-refractivity contribution < 1.29 is 13.9 Å². The van der Waals surface area contributed by atoms with Crippen molar-refractivity contribution in [3.05, 3.63) is 89.2 Å². The summed E-state index contributed by atoms with van der Waals surface area (Å²) in [7, 11) is 0. The maximum absolute atomic E-state index is 13.8. The molecule has 146 valence electrons. The molecule has 0 aliphatic rings. The van der Waals surface area contributed by atoms with E-state index in [1.165, 1.54) is 18.2 Å². The first-order valence-electron chi connectivity index (χ1n) is 9.15. The number of halogens is 1. The summed E-state index contributed by atoms with van der Waals surface area (Å²) in [5, 5.41) is 14.8. The topological polar surface area (TPSA) is 74.2 Å². The predicted molar refractivity (Wildman–Crippen MR) is 110 cm³/mol. The van der Waals surface area contributed by atoms with Gasteiger partial charge in [0.15, 0.2) is 0 Å². The molecule has 3 rings (SSSR count). The van der Waals surface area contributed by atoms with Gasteiger partial charge in [0.1, 0.15) is 11.6 Å². The number of ether oxygens (including phenoxy) is 1. The Morgan fingerprint density at radius 1 is 1.03 bits per heavy atom. The zero-order valence-corrected chi connectivity index (χ0v) is 15.9. The molecule has 0 fully saturated rings. The SMILES string of the molecule is CCOc1ccc(NC(=O)c2ccc(NCc3cc(C#N)ccc3F)cc2)cc1. The fourth-order valence-corrected chi connectivity index (χ4v) is 2.72. The van der Waals surface area contributed by atoms with E-state index in [1.54, 1.807) is 48.5 Å². The van der Waals surface area contributed by atoms with Crippen LogP contribution in [-0.4, -0.2) is 12.5 Å². The van der Waals surface area contributed by atoms with Gasteiger partial charge in [0.25, 0.3) is 5.91 Å². The van der Waals surface area contributed by atoms with Crippen LogP contribution in [0.15, 0.2) is 66.7 Å². The summed E-state index contributed by atoms with van der Waals surface area (Å²) in [6, 6.07) is 20.3. The van der Waals surface area contributed by atoms with Crippen molar-refractivity contribution in [3.8, 4) is 11.8 Å². The molecule has 0 aliphatic carbocycles. The molecule has 0 saturated carbocycles. The van der Waals surface area contributed by atoms with E-state index in [0.29, 0.717) is 29.0 Å². The van der Waals surface area contributed by atoms with Crippen molar-refractivity contribution in [2.75, 3.05) is 17.2 Å². The van der Waals surface area contributed by atoms with Crippen LogP contribution in [0.1, 0.15) is 28.4 Å². The molecule has 0 atom stereocenters. The molecule has 0 aromatic heterocycles. The van der Waals surface area contributed by atoms with Crippen molar-refractivity contribution in [2.24, 2.45) is 0 Å².